The summed E-state index contributed by atoms with van der Waals surface area (Å²) in [5.41, 5.74) is 1.85. The zero-order chi connectivity index (χ0) is 15.5. The van der Waals surface area contributed by atoms with Crippen molar-refractivity contribution in [2.45, 2.75) is 12.8 Å². The zero-order valence-electron chi connectivity index (χ0n) is 13.0. The summed E-state index contributed by atoms with van der Waals surface area (Å²) in [4.78, 5) is 13.8. The minimum atomic E-state index is 0.854. The van der Waals surface area contributed by atoms with E-state index in [0.29, 0.717) is 0 Å². The van der Waals surface area contributed by atoms with E-state index in [9.17, 15) is 0 Å². The molecule has 0 saturated carbocycles. The van der Waals surface area contributed by atoms with Crippen LogP contribution in [-0.4, -0.2) is 47.6 Å². The molecule has 120 valence electrons. The number of nitrogens with zero attached hydrogens (tertiary/aromatic N) is 4. The van der Waals surface area contributed by atoms with Crippen LogP contribution >= 0.6 is 11.3 Å². The highest BCUT2D eigenvalue weighted by Crippen LogP contribution is 2.19. The van der Waals surface area contributed by atoms with Gasteiger partial charge in [0.15, 0.2) is 16.6 Å². The molecule has 5 nitrogen and oxygen atoms in total. The molecule has 2 aromatic heterocycles. The smallest absolute Gasteiger partial charge is 0.195 e. The molecule has 1 fully saturated rings. The molecule has 4 rings (SSSR count). The summed E-state index contributed by atoms with van der Waals surface area (Å²) in [6, 6.07) is 7.96. The van der Waals surface area contributed by atoms with Gasteiger partial charge < -0.3 is 9.32 Å². The SMILES string of the molecule is c1ccc2oc(CCCN3CCN(c4nccs4)CC3)nc2c1. The van der Waals surface area contributed by atoms with Crippen LogP contribution < -0.4 is 4.90 Å². The molecule has 3 aromatic rings. The Hall–Kier alpha value is -1.92. The van der Waals surface area contributed by atoms with Gasteiger partial charge in [0, 0.05) is 44.2 Å². The van der Waals surface area contributed by atoms with Crippen LogP contribution in [0.2, 0.25) is 0 Å². The molecular weight excluding hydrogens is 308 g/mol. The first kappa shape index (κ1) is 14.7. The third-order valence-electron chi connectivity index (χ3n) is 4.27. The van der Waals surface area contributed by atoms with Crippen molar-refractivity contribution in [3.05, 3.63) is 41.7 Å². The third kappa shape index (κ3) is 3.38. The number of rotatable bonds is 5. The number of thiazole rings is 1. The van der Waals surface area contributed by atoms with Crippen molar-refractivity contribution in [3.8, 4) is 0 Å². The highest BCUT2D eigenvalue weighted by atomic mass is 32.1. The van der Waals surface area contributed by atoms with Gasteiger partial charge in [0.25, 0.3) is 0 Å². The molecule has 0 N–H and O–H groups in total. The van der Waals surface area contributed by atoms with E-state index in [1.165, 1.54) is 0 Å². The van der Waals surface area contributed by atoms with E-state index >= 15 is 0 Å². The lowest BCUT2D eigenvalue weighted by Gasteiger charge is -2.34. The Morgan fingerprint density at radius 2 is 2.00 bits per heavy atom. The number of oxazole rings is 1. The van der Waals surface area contributed by atoms with Crippen molar-refractivity contribution < 1.29 is 4.42 Å². The van der Waals surface area contributed by atoms with Gasteiger partial charge in [-0.1, -0.05) is 12.1 Å². The first-order chi connectivity index (χ1) is 11.4. The van der Waals surface area contributed by atoms with Crippen molar-refractivity contribution in [3.63, 3.8) is 0 Å². The van der Waals surface area contributed by atoms with Crippen molar-refractivity contribution in [2.24, 2.45) is 0 Å². The van der Waals surface area contributed by atoms with Crippen LogP contribution in [0.25, 0.3) is 11.1 Å². The van der Waals surface area contributed by atoms with E-state index in [4.69, 9.17) is 4.42 Å². The predicted molar refractivity (Wildman–Crippen MR) is 93.1 cm³/mol. The largest absolute Gasteiger partial charge is 0.441 e. The fraction of sp³-hybridized carbons (Fsp3) is 0.412. The Balaban J connectivity index is 1.24. The minimum Gasteiger partial charge on any atom is -0.441 e. The lowest BCUT2D eigenvalue weighted by atomic mass is 10.2. The fourth-order valence-corrected chi connectivity index (χ4v) is 3.71. The number of hydrogen-bond donors (Lipinski definition) is 0. The van der Waals surface area contributed by atoms with Crippen molar-refractivity contribution in [1.29, 1.82) is 0 Å². The minimum absolute atomic E-state index is 0.854. The Bertz CT molecular complexity index is 714. The molecule has 0 amide bonds. The van der Waals surface area contributed by atoms with Crippen LogP contribution in [0.3, 0.4) is 0 Å². The molecule has 3 heterocycles. The highest BCUT2D eigenvalue weighted by molar-refractivity contribution is 7.13. The summed E-state index contributed by atoms with van der Waals surface area (Å²) in [6.45, 7) is 5.44. The normalized spacial score (nSPS) is 16.3. The van der Waals surface area contributed by atoms with Crippen LogP contribution in [0, 0.1) is 0 Å². The number of piperazine rings is 1. The highest BCUT2D eigenvalue weighted by Gasteiger charge is 2.18. The summed E-state index contributed by atoms with van der Waals surface area (Å²) >= 11 is 1.72. The van der Waals surface area contributed by atoms with Gasteiger partial charge >= 0.3 is 0 Å². The second-order valence-electron chi connectivity index (χ2n) is 5.82. The molecule has 0 unspecified atom stereocenters. The van der Waals surface area contributed by atoms with E-state index < -0.39 is 0 Å². The maximum absolute atomic E-state index is 5.78. The third-order valence-corrected chi connectivity index (χ3v) is 5.10. The van der Waals surface area contributed by atoms with Gasteiger partial charge in [-0.25, -0.2) is 9.97 Å². The second-order valence-corrected chi connectivity index (χ2v) is 6.70. The standard InChI is InChI=1S/C17H20N4OS/c1-2-5-15-14(4-1)19-16(22-15)6-3-8-20-9-11-21(12-10-20)17-18-7-13-23-17/h1-2,4-5,7,13H,3,6,8-12H2. The second kappa shape index (κ2) is 6.68. The van der Waals surface area contributed by atoms with Gasteiger partial charge in [-0.3, -0.25) is 4.90 Å². The van der Waals surface area contributed by atoms with Crippen molar-refractivity contribution in [2.75, 3.05) is 37.6 Å². The van der Waals surface area contributed by atoms with Gasteiger partial charge in [-0.05, 0) is 25.1 Å². The molecule has 1 saturated heterocycles. The molecule has 0 aliphatic carbocycles. The molecule has 0 radical (unpaired) electrons. The number of benzene rings is 1. The first-order valence-electron chi connectivity index (χ1n) is 8.10. The van der Waals surface area contributed by atoms with Crippen molar-refractivity contribution >= 4 is 27.6 Å². The van der Waals surface area contributed by atoms with E-state index in [0.717, 1.165) is 67.7 Å². The van der Waals surface area contributed by atoms with Crippen LogP contribution in [0.5, 0.6) is 0 Å². The number of aryl methyl sites for hydroxylation is 1. The molecule has 23 heavy (non-hydrogen) atoms. The van der Waals surface area contributed by atoms with Gasteiger partial charge in [-0.15, -0.1) is 11.3 Å². The zero-order valence-corrected chi connectivity index (χ0v) is 13.8. The molecule has 0 spiro atoms. The monoisotopic (exact) mass is 328 g/mol. The van der Waals surface area contributed by atoms with Gasteiger partial charge in [-0.2, -0.15) is 0 Å². The molecule has 0 bridgehead atoms. The summed E-state index contributed by atoms with van der Waals surface area (Å²) in [5, 5.41) is 3.19. The van der Waals surface area contributed by atoms with Crippen LogP contribution in [-0.2, 0) is 6.42 Å². The van der Waals surface area contributed by atoms with E-state index in [-0.39, 0.29) is 0 Å². The van der Waals surface area contributed by atoms with Crippen molar-refractivity contribution in [1.82, 2.24) is 14.9 Å². The van der Waals surface area contributed by atoms with Gasteiger partial charge in [0.05, 0.1) is 0 Å². The van der Waals surface area contributed by atoms with Gasteiger partial charge in [0.1, 0.15) is 5.52 Å². The maximum Gasteiger partial charge on any atom is 0.195 e. The Morgan fingerprint density at radius 3 is 2.78 bits per heavy atom. The van der Waals surface area contributed by atoms with E-state index in [1.54, 1.807) is 11.3 Å². The Kier molecular flexibility index (Phi) is 4.26. The Labute approximate surface area is 139 Å². The molecule has 1 aliphatic rings. The first-order valence-corrected chi connectivity index (χ1v) is 8.98. The number of fused-ring (bicyclic) bond motifs is 1. The summed E-state index contributed by atoms with van der Waals surface area (Å²) in [5.74, 6) is 0.854. The Morgan fingerprint density at radius 1 is 1.13 bits per heavy atom. The predicted octanol–water partition coefficient (Wildman–Crippen LogP) is 3.04. The van der Waals surface area contributed by atoms with E-state index in [1.807, 2.05) is 35.8 Å². The lowest BCUT2D eigenvalue weighted by Crippen LogP contribution is -2.46. The molecule has 1 aromatic carbocycles. The quantitative estimate of drug-likeness (QED) is 0.720. The van der Waals surface area contributed by atoms with Gasteiger partial charge in [0.2, 0.25) is 0 Å². The number of anilines is 1. The molecule has 6 heteroatoms. The molecular formula is C17H20N4OS. The number of hydrogen-bond acceptors (Lipinski definition) is 6. The number of para-hydroxylation sites is 2. The van der Waals surface area contributed by atoms with Crippen LogP contribution in [0.4, 0.5) is 5.13 Å². The average molecular weight is 328 g/mol. The summed E-state index contributed by atoms with van der Waals surface area (Å²) in [6.07, 6.45) is 3.87. The lowest BCUT2D eigenvalue weighted by molar-refractivity contribution is 0.253. The van der Waals surface area contributed by atoms with Crippen LogP contribution in [0.15, 0.2) is 40.3 Å². The topological polar surface area (TPSA) is 45.4 Å². The summed E-state index contributed by atoms with van der Waals surface area (Å²) < 4.78 is 5.78. The molecule has 0 atom stereocenters. The van der Waals surface area contributed by atoms with Crippen LogP contribution in [0.1, 0.15) is 12.3 Å². The summed E-state index contributed by atoms with van der Waals surface area (Å²) in [7, 11) is 0. The molecule has 1 aliphatic heterocycles. The number of aromatic nitrogens is 2. The van der Waals surface area contributed by atoms with E-state index in [2.05, 4.69) is 19.8 Å². The fourth-order valence-electron chi connectivity index (χ4n) is 3.02. The maximum atomic E-state index is 5.78. The average Bonchev–Trinajstić information content (AvgIpc) is 3.25.